The summed E-state index contributed by atoms with van der Waals surface area (Å²) in [5.74, 6) is 0.102. The molecule has 0 radical (unpaired) electrons. The van der Waals surface area contributed by atoms with Gasteiger partial charge in [0.2, 0.25) is 0 Å². The van der Waals surface area contributed by atoms with Crippen molar-refractivity contribution in [1.29, 1.82) is 0 Å². The summed E-state index contributed by atoms with van der Waals surface area (Å²) in [7, 11) is 1.88. The monoisotopic (exact) mass is 275 g/mol. The Morgan fingerprint density at radius 2 is 1.65 bits per heavy atom. The summed E-state index contributed by atoms with van der Waals surface area (Å²) >= 11 is 0. The molecule has 20 heavy (non-hydrogen) atoms. The zero-order valence-electron chi connectivity index (χ0n) is 14.3. The Labute approximate surface area is 124 Å². The smallest absolute Gasteiger partial charge is 0.254 e. The zero-order chi connectivity index (χ0) is 15.7. The maximum absolute atomic E-state index is 12.8. The van der Waals surface area contributed by atoms with E-state index in [9.17, 15) is 4.79 Å². The molecule has 0 spiro atoms. The van der Waals surface area contributed by atoms with E-state index in [1.54, 1.807) is 0 Å². The summed E-state index contributed by atoms with van der Waals surface area (Å²) in [5.41, 5.74) is 3.04. The average molecular weight is 275 g/mol. The highest BCUT2D eigenvalue weighted by Crippen LogP contribution is 2.29. The number of carbonyl (C=O) groups is 1. The maximum Gasteiger partial charge on any atom is 0.254 e. The predicted molar refractivity (Wildman–Crippen MR) is 86.4 cm³/mol. The van der Waals surface area contributed by atoms with E-state index in [-0.39, 0.29) is 16.9 Å². The highest BCUT2D eigenvalue weighted by Gasteiger charge is 2.28. The molecule has 0 unspecified atom stereocenters. The van der Waals surface area contributed by atoms with Gasteiger partial charge >= 0.3 is 0 Å². The number of aryl methyl sites for hydroxylation is 1. The summed E-state index contributed by atoms with van der Waals surface area (Å²) in [6.07, 6.45) is 0.993. The molecule has 1 aromatic rings. The second kappa shape index (κ2) is 5.59. The molecule has 112 valence electrons. The fourth-order valence-electron chi connectivity index (χ4n) is 2.10. The first-order valence-corrected chi connectivity index (χ1v) is 7.40. The summed E-state index contributed by atoms with van der Waals surface area (Å²) in [6.45, 7) is 14.8. The number of rotatable bonds is 2. The van der Waals surface area contributed by atoms with Gasteiger partial charge in [0.1, 0.15) is 0 Å². The Hall–Kier alpha value is -1.31. The van der Waals surface area contributed by atoms with E-state index in [1.807, 2.05) is 18.0 Å². The molecule has 0 atom stereocenters. The van der Waals surface area contributed by atoms with E-state index in [0.29, 0.717) is 0 Å². The molecule has 0 aliphatic carbocycles. The minimum absolute atomic E-state index is 0.0328. The van der Waals surface area contributed by atoms with E-state index in [4.69, 9.17) is 0 Å². The van der Waals surface area contributed by atoms with Crippen LogP contribution in [0.15, 0.2) is 18.2 Å². The van der Waals surface area contributed by atoms with Gasteiger partial charge in [-0.1, -0.05) is 39.8 Å². The van der Waals surface area contributed by atoms with Gasteiger partial charge in [0.25, 0.3) is 5.91 Å². The Balaban J connectivity index is 3.35. The second-order valence-electron chi connectivity index (χ2n) is 7.52. The van der Waals surface area contributed by atoms with Crippen molar-refractivity contribution in [2.45, 2.75) is 65.8 Å². The standard InChI is InChI=1S/C18H29NO/c1-9-13-10-11-14(15(12-13)17(2,3)4)16(20)19(8)18(5,6)7/h10-12H,9H2,1-8H3. The topological polar surface area (TPSA) is 20.3 Å². The molecule has 0 saturated carbocycles. The number of carbonyl (C=O) groups excluding carboxylic acids is 1. The molecule has 0 fully saturated rings. The van der Waals surface area contributed by atoms with Gasteiger partial charge in [-0.25, -0.2) is 0 Å². The summed E-state index contributed by atoms with van der Waals surface area (Å²) in [6, 6.07) is 6.24. The van der Waals surface area contributed by atoms with Gasteiger partial charge in [-0.15, -0.1) is 0 Å². The van der Waals surface area contributed by atoms with Crippen LogP contribution >= 0.6 is 0 Å². The first kappa shape index (κ1) is 16.7. The number of hydrogen-bond acceptors (Lipinski definition) is 1. The fourth-order valence-corrected chi connectivity index (χ4v) is 2.10. The molecule has 2 heteroatoms. The molecule has 0 N–H and O–H groups in total. The van der Waals surface area contributed by atoms with Crippen molar-refractivity contribution in [3.63, 3.8) is 0 Å². The van der Waals surface area contributed by atoms with Crippen LogP contribution in [0, 0.1) is 0 Å². The van der Waals surface area contributed by atoms with Crippen LogP contribution in [-0.2, 0) is 11.8 Å². The van der Waals surface area contributed by atoms with Crippen molar-refractivity contribution in [3.05, 3.63) is 34.9 Å². The lowest BCUT2D eigenvalue weighted by Crippen LogP contribution is -2.43. The maximum atomic E-state index is 12.8. The Kier molecular flexibility index (Phi) is 4.68. The summed E-state index contributed by atoms with van der Waals surface area (Å²) in [4.78, 5) is 14.6. The van der Waals surface area contributed by atoms with Gasteiger partial charge in [0, 0.05) is 18.2 Å². The van der Waals surface area contributed by atoms with Crippen LogP contribution in [0.5, 0.6) is 0 Å². The molecule has 0 heterocycles. The van der Waals surface area contributed by atoms with E-state index < -0.39 is 0 Å². The highest BCUT2D eigenvalue weighted by atomic mass is 16.2. The third kappa shape index (κ3) is 3.62. The lowest BCUT2D eigenvalue weighted by molar-refractivity contribution is 0.0653. The van der Waals surface area contributed by atoms with Crippen LogP contribution in [-0.4, -0.2) is 23.4 Å². The molecule has 0 saturated heterocycles. The van der Waals surface area contributed by atoms with E-state index in [0.717, 1.165) is 17.5 Å². The third-order valence-corrected chi connectivity index (χ3v) is 3.84. The SMILES string of the molecule is CCc1ccc(C(=O)N(C)C(C)(C)C)c(C(C)(C)C)c1. The van der Waals surface area contributed by atoms with Crippen LogP contribution in [0.4, 0.5) is 0 Å². The zero-order valence-corrected chi connectivity index (χ0v) is 14.3. The minimum Gasteiger partial charge on any atom is -0.337 e. The molecular weight excluding hydrogens is 246 g/mol. The van der Waals surface area contributed by atoms with Gasteiger partial charge in [0.05, 0.1) is 0 Å². The molecule has 1 amide bonds. The van der Waals surface area contributed by atoms with Crippen LogP contribution in [0.1, 0.15) is 70.0 Å². The normalized spacial score (nSPS) is 12.4. The Morgan fingerprint density at radius 1 is 1.10 bits per heavy atom. The lowest BCUT2D eigenvalue weighted by Gasteiger charge is -2.34. The van der Waals surface area contributed by atoms with E-state index in [1.165, 1.54) is 5.56 Å². The van der Waals surface area contributed by atoms with Crippen molar-refractivity contribution in [1.82, 2.24) is 4.90 Å². The van der Waals surface area contributed by atoms with Gasteiger partial charge in [-0.2, -0.15) is 0 Å². The van der Waals surface area contributed by atoms with Crippen LogP contribution in [0.2, 0.25) is 0 Å². The summed E-state index contributed by atoms with van der Waals surface area (Å²) < 4.78 is 0. The second-order valence-corrected chi connectivity index (χ2v) is 7.52. The predicted octanol–water partition coefficient (Wildman–Crippen LogP) is 4.42. The molecule has 1 rings (SSSR count). The third-order valence-electron chi connectivity index (χ3n) is 3.84. The lowest BCUT2D eigenvalue weighted by atomic mass is 9.82. The first-order chi connectivity index (χ1) is 8.98. The number of amides is 1. The molecular formula is C18H29NO. The van der Waals surface area contributed by atoms with Gasteiger partial charge in [0.15, 0.2) is 0 Å². The molecule has 0 bridgehead atoms. The van der Waals surface area contributed by atoms with Crippen molar-refractivity contribution in [2.24, 2.45) is 0 Å². The van der Waals surface area contributed by atoms with Gasteiger partial charge in [-0.05, 0) is 49.8 Å². The van der Waals surface area contributed by atoms with Crippen molar-refractivity contribution >= 4 is 5.91 Å². The first-order valence-electron chi connectivity index (χ1n) is 7.40. The fraction of sp³-hybridized carbons (Fsp3) is 0.611. The van der Waals surface area contributed by atoms with Gasteiger partial charge < -0.3 is 4.90 Å². The van der Waals surface area contributed by atoms with Crippen molar-refractivity contribution in [2.75, 3.05) is 7.05 Å². The molecule has 2 nitrogen and oxygen atoms in total. The van der Waals surface area contributed by atoms with Crippen molar-refractivity contribution in [3.8, 4) is 0 Å². The number of nitrogens with zero attached hydrogens (tertiary/aromatic N) is 1. The van der Waals surface area contributed by atoms with Crippen molar-refractivity contribution < 1.29 is 4.79 Å². The molecule has 0 aliphatic heterocycles. The van der Waals surface area contributed by atoms with E-state index >= 15 is 0 Å². The largest absolute Gasteiger partial charge is 0.337 e. The van der Waals surface area contributed by atoms with Crippen LogP contribution in [0.25, 0.3) is 0 Å². The molecule has 0 aromatic heterocycles. The number of benzene rings is 1. The molecule has 1 aromatic carbocycles. The van der Waals surface area contributed by atoms with Gasteiger partial charge in [-0.3, -0.25) is 4.79 Å². The quantitative estimate of drug-likeness (QED) is 0.782. The van der Waals surface area contributed by atoms with Crippen LogP contribution < -0.4 is 0 Å². The van der Waals surface area contributed by atoms with E-state index in [2.05, 4.69) is 60.6 Å². The Bertz CT molecular complexity index is 489. The number of hydrogen-bond donors (Lipinski definition) is 0. The average Bonchev–Trinajstić information content (AvgIpc) is 2.34. The molecule has 0 aliphatic rings. The Morgan fingerprint density at radius 3 is 2.05 bits per heavy atom. The minimum atomic E-state index is -0.171. The highest BCUT2D eigenvalue weighted by molar-refractivity contribution is 5.96. The van der Waals surface area contributed by atoms with Crippen LogP contribution in [0.3, 0.4) is 0 Å². The summed E-state index contributed by atoms with van der Waals surface area (Å²) in [5, 5.41) is 0.